The van der Waals surface area contributed by atoms with E-state index < -0.39 is 29.7 Å². The maximum atomic E-state index is 14.0. The molecule has 2 fully saturated rings. The van der Waals surface area contributed by atoms with Crippen molar-refractivity contribution in [3.63, 3.8) is 0 Å². The van der Waals surface area contributed by atoms with Crippen LogP contribution in [0.4, 0.5) is 37.7 Å². The molecule has 0 bridgehead atoms. The zero-order valence-corrected chi connectivity index (χ0v) is 32.2. The van der Waals surface area contributed by atoms with Gasteiger partial charge in [-0.15, -0.1) is 0 Å². The van der Waals surface area contributed by atoms with Gasteiger partial charge in [0.05, 0.1) is 18.6 Å². The summed E-state index contributed by atoms with van der Waals surface area (Å²) in [5.74, 6) is -3.62. The first-order valence-corrected chi connectivity index (χ1v) is 18.8. The lowest BCUT2D eigenvalue weighted by molar-refractivity contribution is -0.193. The number of amides is 1. The van der Waals surface area contributed by atoms with E-state index in [1.54, 1.807) is 7.11 Å². The van der Waals surface area contributed by atoms with Crippen molar-refractivity contribution in [2.24, 2.45) is 5.41 Å². The topological polar surface area (TPSA) is 146 Å². The number of piperidine rings is 1. The Kier molecular flexibility index (Phi) is 17.4. The molecule has 3 aromatic rings. The summed E-state index contributed by atoms with van der Waals surface area (Å²) in [5.41, 5.74) is 5.17. The molecule has 1 saturated heterocycles. The van der Waals surface area contributed by atoms with Crippen LogP contribution in [0.15, 0.2) is 66.7 Å². The number of carbonyl (C=O) groups excluding carboxylic acids is 1. The third-order valence-corrected chi connectivity index (χ3v) is 9.46. The molecule has 5 N–H and O–H groups in total. The van der Waals surface area contributed by atoms with Crippen LogP contribution in [0.1, 0.15) is 81.4 Å². The van der Waals surface area contributed by atoms with Crippen LogP contribution in [0.25, 0.3) is 0 Å². The maximum absolute atomic E-state index is 14.0. The van der Waals surface area contributed by atoms with Crippen LogP contribution in [0, 0.1) is 5.41 Å². The molecule has 314 valence electrons. The monoisotopic (exact) mass is 811 g/mol. The van der Waals surface area contributed by atoms with Gasteiger partial charge in [-0.05, 0) is 111 Å². The predicted octanol–water partition coefficient (Wildman–Crippen LogP) is 9.00. The Labute approximate surface area is 328 Å². The molecule has 1 aliphatic heterocycles. The lowest BCUT2D eigenvalue weighted by atomic mass is 9.67. The molecule has 3 aromatic carbocycles. The lowest BCUT2D eigenvalue weighted by Gasteiger charge is -2.41. The molecular formula is C41H51F6N3O7. The summed E-state index contributed by atoms with van der Waals surface area (Å²) in [5, 5.41) is 24.6. The highest BCUT2D eigenvalue weighted by atomic mass is 19.4. The zero-order chi connectivity index (χ0) is 42.2. The number of aliphatic carboxylic acids is 2. The molecule has 1 atom stereocenters. The molecule has 1 heterocycles. The third-order valence-electron chi connectivity index (χ3n) is 9.46. The van der Waals surface area contributed by atoms with Gasteiger partial charge in [0.25, 0.3) is 0 Å². The highest BCUT2D eigenvalue weighted by molar-refractivity contribution is 5.84. The fourth-order valence-corrected chi connectivity index (χ4v) is 6.77. The second kappa shape index (κ2) is 21.4. The van der Waals surface area contributed by atoms with Crippen LogP contribution in [0.5, 0.6) is 11.5 Å². The number of anilines is 2. The van der Waals surface area contributed by atoms with E-state index in [1.807, 2.05) is 6.07 Å². The number of alkyl halides is 6. The van der Waals surface area contributed by atoms with E-state index in [1.165, 1.54) is 29.5 Å². The van der Waals surface area contributed by atoms with Crippen molar-refractivity contribution >= 4 is 29.2 Å². The second-order valence-corrected chi connectivity index (χ2v) is 14.0. The fraction of sp³-hybridized carbons (Fsp3) is 0.488. The summed E-state index contributed by atoms with van der Waals surface area (Å²) in [6.07, 6.45) is -1.07. The van der Waals surface area contributed by atoms with E-state index in [9.17, 15) is 31.1 Å². The minimum Gasteiger partial charge on any atom is -0.493 e. The first-order valence-electron chi connectivity index (χ1n) is 18.8. The van der Waals surface area contributed by atoms with E-state index in [-0.39, 0.29) is 17.9 Å². The molecule has 0 aromatic heterocycles. The van der Waals surface area contributed by atoms with Crippen LogP contribution < -0.4 is 25.4 Å². The van der Waals surface area contributed by atoms with Crippen molar-refractivity contribution in [1.29, 1.82) is 0 Å². The normalized spacial score (nSPS) is 16.5. The molecule has 57 heavy (non-hydrogen) atoms. The number of rotatable bonds is 14. The average Bonchev–Trinajstić information content (AvgIpc) is 3.67. The number of nitrogens with one attached hydrogen (secondary N) is 3. The van der Waals surface area contributed by atoms with Crippen LogP contribution in [0.2, 0.25) is 0 Å². The number of carbonyl (C=O) groups is 3. The molecule has 0 radical (unpaired) electrons. The van der Waals surface area contributed by atoms with Crippen molar-refractivity contribution in [2.75, 3.05) is 37.4 Å². The van der Waals surface area contributed by atoms with Gasteiger partial charge in [0.15, 0.2) is 11.5 Å². The number of hydrogen-bond acceptors (Lipinski definition) is 7. The molecule has 2 aliphatic rings. The molecule has 10 nitrogen and oxygen atoms in total. The van der Waals surface area contributed by atoms with Gasteiger partial charge in [-0.3, -0.25) is 4.79 Å². The Bertz CT molecular complexity index is 1690. The molecule has 16 heteroatoms. The molecular weight excluding hydrogens is 760 g/mol. The van der Waals surface area contributed by atoms with Crippen LogP contribution in [-0.4, -0.2) is 73.3 Å². The van der Waals surface area contributed by atoms with Gasteiger partial charge in [-0.2, -0.15) is 26.3 Å². The Hall–Kier alpha value is -5.15. The van der Waals surface area contributed by atoms with Crippen LogP contribution in [-0.2, 0) is 27.2 Å². The fourth-order valence-electron chi connectivity index (χ4n) is 6.77. The Morgan fingerprint density at radius 1 is 0.789 bits per heavy atom. The van der Waals surface area contributed by atoms with Gasteiger partial charge in [0.2, 0.25) is 5.91 Å². The van der Waals surface area contributed by atoms with Gasteiger partial charge in [0, 0.05) is 36.9 Å². The molecule has 5 rings (SSSR count). The lowest BCUT2D eigenvalue weighted by Crippen LogP contribution is -2.51. The van der Waals surface area contributed by atoms with Crippen LogP contribution >= 0.6 is 0 Å². The van der Waals surface area contributed by atoms with E-state index in [2.05, 4.69) is 90.5 Å². The Morgan fingerprint density at radius 2 is 1.28 bits per heavy atom. The maximum Gasteiger partial charge on any atom is 0.490 e. The highest BCUT2D eigenvalue weighted by Gasteiger charge is 2.44. The first kappa shape index (κ1) is 46.2. The van der Waals surface area contributed by atoms with Crippen molar-refractivity contribution in [3.8, 4) is 11.5 Å². The summed E-state index contributed by atoms with van der Waals surface area (Å²) < 4.78 is 75.6. The summed E-state index contributed by atoms with van der Waals surface area (Å²) >= 11 is 0. The Morgan fingerprint density at radius 3 is 1.72 bits per heavy atom. The minimum absolute atomic E-state index is 0.138. The van der Waals surface area contributed by atoms with Crippen molar-refractivity contribution in [3.05, 3.63) is 83.4 Å². The smallest absolute Gasteiger partial charge is 0.490 e. The third kappa shape index (κ3) is 14.7. The summed E-state index contributed by atoms with van der Waals surface area (Å²) in [6.45, 7) is 6.82. The van der Waals surface area contributed by atoms with Gasteiger partial charge in [-0.1, -0.05) is 44.2 Å². The number of ether oxygens (including phenoxy) is 2. The Balaban J connectivity index is 0.000000531. The number of hydrogen-bond donors (Lipinski definition) is 5. The van der Waals surface area contributed by atoms with Crippen molar-refractivity contribution in [1.82, 2.24) is 5.32 Å². The molecule has 1 amide bonds. The first-order chi connectivity index (χ1) is 26.9. The van der Waals surface area contributed by atoms with E-state index >= 15 is 0 Å². The van der Waals surface area contributed by atoms with Gasteiger partial charge in [-0.25, -0.2) is 9.59 Å². The SMILES string of the molecule is CCCNc1cccc(CC2(Cc3cccc(NCCC)c3)C[C@@H](c3ccc(OC)c(OC4CCCC4)c3)CNC2=O)c1.O=C(O)C(F)(F)F.O=C(O)C(F)(F)F. The number of carboxylic acids is 2. The minimum atomic E-state index is -5.08. The van der Waals surface area contributed by atoms with Crippen molar-refractivity contribution in [2.45, 2.75) is 96.0 Å². The zero-order valence-electron chi connectivity index (χ0n) is 32.2. The average molecular weight is 812 g/mol. The number of carboxylic acid groups (broad SMARTS) is 2. The molecule has 0 spiro atoms. The highest BCUT2D eigenvalue weighted by Crippen LogP contribution is 2.44. The summed E-state index contributed by atoms with van der Waals surface area (Å²) in [6, 6.07) is 23.5. The van der Waals surface area contributed by atoms with Gasteiger partial charge in [0.1, 0.15) is 0 Å². The molecule has 1 saturated carbocycles. The number of methoxy groups -OCH3 is 1. The summed E-state index contributed by atoms with van der Waals surface area (Å²) in [7, 11) is 1.70. The van der Waals surface area contributed by atoms with Gasteiger partial charge >= 0.3 is 24.3 Å². The standard InChI is InChI=1S/C37H49N3O3.2C2HF3O2/c1-4-18-38-31-12-8-10-27(20-31)23-37(24-28-11-9-13-32(21-28)39-19-5-2)25-30(26-40-36(37)41)29-16-17-34(42-3)35(22-29)43-33-14-6-7-15-33;2*3-2(4,5)1(6)7/h8-13,16-17,20-22,30,33,38-39H,4-7,14-15,18-19,23-26H2,1-3H3,(H,40,41);2*(H,6,7)/t30-;;/m1../s1. The summed E-state index contributed by atoms with van der Waals surface area (Å²) in [4.78, 5) is 31.8. The number of halogens is 6. The van der Waals surface area contributed by atoms with E-state index in [4.69, 9.17) is 29.3 Å². The van der Waals surface area contributed by atoms with E-state index in [0.717, 1.165) is 68.1 Å². The second-order valence-electron chi connectivity index (χ2n) is 14.0. The largest absolute Gasteiger partial charge is 0.493 e. The van der Waals surface area contributed by atoms with Gasteiger partial charge < -0.3 is 35.6 Å². The van der Waals surface area contributed by atoms with Crippen LogP contribution in [0.3, 0.4) is 0 Å². The number of benzene rings is 3. The predicted molar refractivity (Wildman–Crippen MR) is 204 cm³/mol. The quantitative estimate of drug-likeness (QED) is 0.101. The van der Waals surface area contributed by atoms with Crippen molar-refractivity contribution < 1.29 is 60.4 Å². The van der Waals surface area contributed by atoms with E-state index in [0.29, 0.717) is 19.4 Å². The molecule has 0 unspecified atom stereocenters. The molecule has 1 aliphatic carbocycles.